The first-order chi connectivity index (χ1) is 16.8. The van der Waals surface area contributed by atoms with Gasteiger partial charge in [0, 0.05) is 5.56 Å². The van der Waals surface area contributed by atoms with Crippen LogP contribution in [0.1, 0.15) is 115 Å². The average molecular weight is 475 g/mol. The third kappa shape index (κ3) is 3.51. The van der Waals surface area contributed by atoms with Gasteiger partial charge in [0.05, 0.1) is 6.61 Å². The lowest BCUT2D eigenvalue weighted by atomic mass is 9.46. The van der Waals surface area contributed by atoms with Crippen molar-refractivity contribution in [1.82, 2.24) is 0 Å². The monoisotopic (exact) mass is 474 g/mol. The normalized spacial score (nSPS) is 46.9. The maximum Gasteiger partial charge on any atom is 0.123 e. The van der Waals surface area contributed by atoms with Crippen molar-refractivity contribution >= 4 is 0 Å². The van der Waals surface area contributed by atoms with Gasteiger partial charge in [-0.05, 0) is 146 Å². The van der Waals surface area contributed by atoms with Gasteiger partial charge in [0.2, 0.25) is 0 Å². The molecule has 1 saturated heterocycles. The van der Waals surface area contributed by atoms with Crippen LogP contribution in [0.15, 0.2) is 12.1 Å². The van der Waals surface area contributed by atoms with Crippen molar-refractivity contribution in [3.05, 3.63) is 28.8 Å². The zero-order valence-corrected chi connectivity index (χ0v) is 22.4. The molecule has 1 unspecified atom stereocenters. The van der Waals surface area contributed by atoms with Crippen molar-refractivity contribution in [1.29, 1.82) is 0 Å². The van der Waals surface area contributed by atoms with E-state index in [4.69, 9.17) is 9.47 Å². The van der Waals surface area contributed by atoms with Gasteiger partial charge in [0.15, 0.2) is 0 Å². The highest BCUT2D eigenvalue weighted by atomic mass is 16.6. The molecule has 0 N–H and O–H groups in total. The predicted molar refractivity (Wildman–Crippen MR) is 140 cm³/mol. The third-order valence-corrected chi connectivity index (χ3v) is 12.0. The molecule has 8 bridgehead atoms. The molecule has 0 amide bonds. The zero-order chi connectivity index (χ0) is 23.6. The van der Waals surface area contributed by atoms with E-state index in [1.54, 1.807) is 16.7 Å². The van der Waals surface area contributed by atoms with E-state index in [0.717, 1.165) is 48.7 Å². The molecule has 1 aromatic rings. The first-order valence-electron chi connectivity index (χ1n) is 15.2. The standard InChI is InChI=1S/C33H46O2/c1-31(2,3)27-10-29(33-15-23-7-24(16-33)9-25(8-23)17-33)30(35-19-26-18-34-26)11-28(27)32-12-20-4-21(13-32)6-22(5-20)14-32/h10-11,20-26H,4-9,12-19H2,1-3H3. The van der Waals surface area contributed by atoms with E-state index in [-0.39, 0.29) is 5.41 Å². The molecule has 8 saturated carbocycles. The summed E-state index contributed by atoms with van der Waals surface area (Å²) < 4.78 is 12.4. The molecule has 8 aliphatic carbocycles. The number of epoxide rings is 1. The second-order valence-corrected chi connectivity index (χ2v) is 15.8. The number of benzene rings is 1. The second kappa shape index (κ2) is 7.30. The van der Waals surface area contributed by atoms with Crippen LogP contribution in [0.3, 0.4) is 0 Å². The maximum absolute atomic E-state index is 6.80. The van der Waals surface area contributed by atoms with Crippen LogP contribution in [0.4, 0.5) is 0 Å². The lowest BCUT2D eigenvalue weighted by molar-refractivity contribution is -0.00856. The molecule has 2 nitrogen and oxygen atoms in total. The molecule has 1 atom stereocenters. The Hall–Kier alpha value is -1.02. The summed E-state index contributed by atoms with van der Waals surface area (Å²) in [5, 5.41) is 0. The fourth-order valence-electron chi connectivity index (χ4n) is 11.4. The highest BCUT2D eigenvalue weighted by Gasteiger charge is 2.55. The van der Waals surface area contributed by atoms with Gasteiger partial charge in [0.1, 0.15) is 18.5 Å². The average Bonchev–Trinajstić information content (AvgIpc) is 3.59. The van der Waals surface area contributed by atoms with Gasteiger partial charge in [-0.3, -0.25) is 0 Å². The maximum atomic E-state index is 6.80. The molecule has 1 heterocycles. The molecule has 35 heavy (non-hydrogen) atoms. The fraction of sp³-hybridized carbons (Fsp3) is 0.818. The van der Waals surface area contributed by atoms with Gasteiger partial charge < -0.3 is 9.47 Å². The van der Waals surface area contributed by atoms with E-state index in [2.05, 4.69) is 32.9 Å². The summed E-state index contributed by atoms with van der Waals surface area (Å²) >= 11 is 0. The van der Waals surface area contributed by atoms with Crippen LogP contribution in [0.5, 0.6) is 5.75 Å². The Bertz CT molecular complexity index is 954. The van der Waals surface area contributed by atoms with Crippen molar-refractivity contribution < 1.29 is 9.47 Å². The smallest absolute Gasteiger partial charge is 0.123 e. The molecule has 1 aliphatic heterocycles. The summed E-state index contributed by atoms with van der Waals surface area (Å²) in [6, 6.07) is 5.38. The minimum absolute atomic E-state index is 0.174. The highest BCUT2D eigenvalue weighted by Crippen LogP contribution is 2.65. The highest BCUT2D eigenvalue weighted by molar-refractivity contribution is 5.53. The molecule has 2 heteroatoms. The van der Waals surface area contributed by atoms with Gasteiger partial charge in [0.25, 0.3) is 0 Å². The van der Waals surface area contributed by atoms with Crippen LogP contribution in [0.2, 0.25) is 0 Å². The summed E-state index contributed by atoms with van der Waals surface area (Å²) in [7, 11) is 0. The van der Waals surface area contributed by atoms with Crippen LogP contribution in [-0.2, 0) is 21.0 Å². The first kappa shape index (κ1) is 22.0. The largest absolute Gasteiger partial charge is 0.490 e. The summed E-state index contributed by atoms with van der Waals surface area (Å²) in [4.78, 5) is 0. The number of hydrogen-bond donors (Lipinski definition) is 0. The quantitative estimate of drug-likeness (QED) is 0.408. The van der Waals surface area contributed by atoms with Crippen LogP contribution in [0.25, 0.3) is 0 Å². The van der Waals surface area contributed by atoms with Crippen molar-refractivity contribution in [3.8, 4) is 5.75 Å². The Balaban J connectivity index is 1.28. The number of hydrogen-bond acceptors (Lipinski definition) is 2. The van der Waals surface area contributed by atoms with E-state index >= 15 is 0 Å². The van der Waals surface area contributed by atoms with E-state index in [1.165, 1.54) is 82.8 Å². The van der Waals surface area contributed by atoms with Crippen LogP contribution < -0.4 is 4.74 Å². The lowest BCUT2D eigenvalue weighted by Gasteiger charge is -2.59. The van der Waals surface area contributed by atoms with Gasteiger partial charge in [-0.15, -0.1) is 0 Å². The van der Waals surface area contributed by atoms with Crippen molar-refractivity contribution in [2.75, 3.05) is 13.2 Å². The van der Waals surface area contributed by atoms with Crippen molar-refractivity contribution in [2.45, 2.75) is 120 Å². The van der Waals surface area contributed by atoms with Gasteiger partial charge in [-0.2, -0.15) is 0 Å². The molecule has 0 spiro atoms. The first-order valence-corrected chi connectivity index (χ1v) is 15.2. The number of rotatable bonds is 5. The fourth-order valence-corrected chi connectivity index (χ4v) is 11.4. The SMILES string of the molecule is CC(C)(C)c1cc(C23CC4CC(CC(C4)C2)C3)c(OCC2CO2)cc1C12CC3CC(CC(C3)C1)C2. The van der Waals surface area contributed by atoms with Crippen LogP contribution in [0, 0.1) is 35.5 Å². The van der Waals surface area contributed by atoms with Crippen LogP contribution in [-0.4, -0.2) is 19.3 Å². The summed E-state index contributed by atoms with van der Waals surface area (Å²) in [5.74, 6) is 7.06. The second-order valence-electron chi connectivity index (χ2n) is 15.8. The van der Waals surface area contributed by atoms with Crippen molar-refractivity contribution in [3.63, 3.8) is 0 Å². The molecule has 10 rings (SSSR count). The summed E-state index contributed by atoms with van der Waals surface area (Å²) in [6.07, 6.45) is 17.9. The molecular formula is C33H46O2. The molecule has 0 radical (unpaired) electrons. The Morgan fingerprint density at radius 3 is 1.54 bits per heavy atom. The van der Waals surface area contributed by atoms with Gasteiger partial charge in [-0.1, -0.05) is 26.8 Å². The minimum atomic E-state index is 0.174. The number of ether oxygens (including phenoxy) is 2. The summed E-state index contributed by atoms with van der Waals surface area (Å²) in [6.45, 7) is 9.07. The van der Waals surface area contributed by atoms with E-state index in [9.17, 15) is 0 Å². The van der Waals surface area contributed by atoms with Gasteiger partial charge >= 0.3 is 0 Å². The van der Waals surface area contributed by atoms with E-state index in [1.807, 2.05) is 0 Å². The predicted octanol–water partition coefficient (Wildman–Crippen LogP) is 7.70. The molecular weight excluding hydrogens is 428 g/mol. The van der Waals surface area contributed by atoms with E-state index < -0.39 is 0 Å². The topological polar surface area (TPSA) is 21.8 Å². The molecule has 1 aromatic carbocycles. The van der Waals surface area contributed by atoms with E-state index in [0.29, 0.717) is 16.9 Å². The minimum Gasteiger partial charge on any atom is -0.490 e. The van der Waals surface area contributed by atoms with Crippen molar-refractivity contribution in [2.24, 2.45) is 35.5 Å². The third-order valence-electron chi connectivity index (χ3n) is 12.0. The Labute approximate surface area is 212 Å². The Morgan fingerprint density at radius 2 is 1.14 bits per heavy atom. The molecule has 9 aliphatic rings. The van der Waals surface area contributed by atoms with Crippen LogP contribution >= 0.6 is 0 Å². The Morgan fingerprint density at radius 1 is 0.714 bits per heavy atom. The zero-order valence-electron chi connectivity index (χ0n) is 22.4. The van der Waals surface area contributed by atoms with Gasteiger partial charge in [-0.25, -0.2) is 0 Å². The molecule has 190 valence electrons. The molecule has 9 fully saturated rings. The lowest BCUT2D eigenvalue weighted by Crippen LogP contribution is -2.50. The molecule has 0 aromatic heterocycles. The summed E-state index contributed by atoms with van der Waals surface area (Å²) in [5.41, 5.74) is 5.92. The Kier molecular flexibility index (Phi) is 4.59.